The summed E-state index contributed by atoms with van der Waals surface area (Å²) < 4.78 is 5.13. The fraction of sp³-hybridized carbons (Fsp3) is 0.556. The molecule has 6 nitrogen and oxygen atoms in total. The number of nitrogens with zero attached hydrogens (tertiary/aromatic N) is 1. The van der Waals surface area contributed by atoms with E-state index in [0.717, 1.165) is 5.56 Å². The Morgan fingerprint density at radius 1 is 1.38 bits per heavy atom. The second-order valence-electron chi connectivity index (χ2n) is 6.69. The van der Waals surface area contributed by atoms with E-state index in [0.29, 0.717) is 24.3 Å². The topological polar surface area (TPSA) is 75.5 Å². The lowest BCUT2D eigenvalue weighted by molar-refractivity contribution is -0.590. The van der Waals surface area contributed by atoms with Gasteiger partial charge in [0.25, 0.3) is 6.54 Å². The van der Waals surface area contributed by atoms with Crippen LogP contribution < -0.4 is 5.43 Å². The monoisotopic (exact) mass is 331 g/mol. The molecule has 0 amide bonds. The Morgan fingerprint density at radius 3 is 2.67 bits per heavy atom. The van der Waals surface area contributed by atoms with Gasteiger partial charge >= 0.3 is 5.97 Å². The van der Waals surface area contributed by atoms with E-state index in [2.05, 4.69) is 5.43 Å². The highest BCUT2D eigenvalue weighted by molar-refractivity contribution is 5.93. The zero-order chi connectivity index (χ0) is 17.3. The number of nitrogens with one attached hydrogen (secondary N) is 1. The summed E-state index contributed by atoms with van der Waals surface area (Å²) in [6.45, 7) is 3.86. The van der Waals surface area contributed by atoms with Crippen molar-refractivity contribution < 1.29 is 19.2 Å². The van der Waals surface area contributed by atoms with Gasteiger partial charge in [0, 0.05) is 5.92 Å². The number of hydrogen-bond acceptors (Lipinski definition) is 4. The number of nitroso groups, excluding NO2 is 1. The van der Waals surface area contributed by atoms with E-state index in [1.165, 1.54) is 0 Å². The quantitative estimate of drug-likeness (QED) is 0.634. The summed E-state index contributed by atoms with van der Waals surface area (Å²) >= 11 is 0. The molecule has 1 heterocycles. The normalized spacial score (nSPS) is 31.7. The molecule has 0 radical (unpaired) electrons. The predicted octanol–water partition coefficient (Wildman–Crippen LogP) is 1.67. The summed E-state index contributed by atoms with van der Waals surface area (Å²) in [7, 11) is 0. The van der Waals surface area contributed by atoms with E-state index in [1.807, 2.05) is 37.3 Å². The van der Waals surface area contributed by atoms with Crippen molar-refractivity contribution in [2.75, 3.05) is 13.2 Å². The molecule has 1 aliphatic heterocycles. The molecule has 24 heavy (non-hydrogen) atoms. The standard InChI is InChI=1S/C18H23N2O4/c1-3-24-17(22)15-12(2)16(15)18(14(21)11-20(23)19-18)10-9-13-7-5-4-6-8-13/h4-8,12,15-16H,3,9-11H2,1-2H3,(H,19,23)/q+1. The smallest absolute Gasteiger partial charge is 0.309 e. The number of benzene rings is 1. The van der Waals surface area contributed by atoms with Crippen LogP contribution in [-0.4, -0.2) is 35.3 Å². The molecular formula is C18H23N2O4+. The molecule has 1 N–H and O–H groups in total. The Morgan fingerprint density at radius 2 is 2.08 bits per heavy atom. The first-order valence-corrected chi connectivity index (χ1v) is 8.46. The minimum Gasteiger partial charge on any atom is -0.466 e. The molecule has 0 aromatic heterocycles. The molecule has 1 aliphatic carbocycles. The third-order valence-electron chi connectivity index (χ3n) is 5.27. The molecule has 1 aromatic carbocycles. The largest absolute Gasteiger partial charge is 0.466 e. The number of aryl methyl sites for hydroxylation is 1. The van der Waals surface area contributed by atoms with Gasteiger partial charge in [0.05, 0.1) is 17.4 Å². The summed E-state index contributed by atoms with van der Waals surface area (Å²) in [6, 6.07) is 9.85. The lowest BCUT2D eigenvalue weighted by Crippen LogP contribution is -2.50. The van der Waals surface area contributed by atoms with Crippen LogP contribution in [0.4, 0.5) is 0 Å². The number of esters is 1. The van der Waals surface area contributed by atoms with Crippen LogP contribution in [0.5, 0.6) is 0 Å². The fourth-order valence-corrected chi connectivity index (χ4v) is 4.02. The minimum absolute atomic E-state index is 0.0303. The highest BCUT2D eigenvalue weighted by Crippen LogP contribution is 2.55. The predicted molar refractivity (Wildman–Crippen MR) is 86.9 cm³/mol. The number of rotatable bonds is 6. The SMILES string of the molecule is CCOC(=O)C1C(C)C1C1(CCc2ccccc2)N[N+](=O)CC1=O. The number of Topliss-reactive ketones (excluding diaryl/α,β-unsaturated/α-hetero) is 1. The van der Waals surface area contributed by atoms with Crippen LogP contribution in [0.15, 0.2) is 30.3 Å². The molecule has 6 heteroatoms. The van der Waals surface area contributed by atoms with Gasteiger partial charge < -0.3 is 4.74 Å². The Hall–Kier alpha value is -2.24. The lowest BCUT2D eigenvalue weighted by atomic mass is 9.82. The summed E-state index contributed by atoms with van der Waals surface area (Å²) in [6.07, 6.45) is 1.17. The average Bonchev–Trinajstić information content (AvgIpc) is 3.15. The van der Waals surface area contributed by atoms with Gasteiger partial charge in [-0.25, -0.2) is 0 Å². The van der Waals surface area contributed by atoms with Crippen molar-refractivity contribution in [3.05, 3.63) is 40.8 Å². The zero-order valence-electron chi connectivity index (χ0n) is 14.0. The summed E-state index contributed by atoms with van der Waals surface area (Å²) in [5.41, 5.74) is 2.97. The second-order valence-corrected chi connectivity index (χ2v) is 6.69. The van der Waals surface area contributed by atoms with Gasteiger partial charge in [-0.1, -0.05) is 37.3 Å². The maximum absolute atomic E-state index is 12.6. The van der Waals surface area contributed by atoms with E-state index < -0.39 is 5.54 Å². The van der Waals surface area contributed by atoms with Crippen LogP contribution in [-0.2, 0) is 20.7 Å². The average molecular weight is 331 g/mol. The molecular weight excluding hydrogens is 308 g/mol. The number of carbonyl (C=O) groups excluding carboxylic acids is 2. The summed E-state index contributed by atoms with van der Waals surface area (Å²) in [4.78, 5) is 37.1. The van der Waals surface area contributed by atoms with Crippen LogP contribution in [0.1, 0.15) is 25.8 Å². The number of ketones is 1. The molecule has 4 unspecified atom stereocenters. The van der Waals surface area contributed by atoms with Crippen molar-refractivity contribution in [3.8, 4) is 0 Å². The first-order valence-electron chi connectivity index (χ1n) is 8.46. The number of hydrogen-bond donors (Lipinski definition) is 1. The molecule has 2 fully saturated rings. The molecule has 1 saturated carbocycles. The molecule has 0 spiro atoms. The Kier molecular flexibility index (Phi) is 4.39. The van der Waals surface area contributed by atoms with E-state index in [-0.39, 0.29) is 36.1 Å². The van der Waals surface area contributed by atoms with Crippen LogP contribution >= 0.6 is 0 Å². The Bertz CT molecular complexity index is 660. The van der Waals surface area contributed by atoms with Crippen molar-refractivity contribution in [2.45, 2.75) is 32.2 Å². The first-order chi connectivity index (χ1) is 11.5. The van der Waals surface area contributed by atoms with Crippen LogP contribution in [0, 0.1) is 22.7 Å². The van der Waals surface area contributed by atoms with Gasteiger partial charge in [-0.3, -0.25) is 9.59 Å². The molecule has 3 rings (SSSR count). The van der Waals surface area contributed by atoms with E-state index in [4.69, 9.17) is 4.74 Å². The molecule has 4 atom stereocenters. The van der Waals surface area contributed by atoms with Crippen molar-refractivity contribution in [1.29, 1.82) is 0 Å². The molecule has 1 aromatic rings. The van der Waals surface area contributed by atoms with Gasteiger partial charge in [0.1, 0.15) is 4.87 Å². The maximum Gasteiger partial charge on any atom is 0.309 e. The van der Waals surface area contributed by atoms with E-state index in [9.17, 15) is 14.5 Å². The van der Waals surface area contributed by atoms with Crippen molar-refractivity contribution in [2.24, 2.45) is 17.8 Å². The zero-order valence-corrected chi connectivity index (χ0v) is 14.0. The van der Waals surface area contributed by atoms with Crippen LogP contribution in [0.3, 0.4) is 0 Å². The van der Waals surface area contributed by atoms with Crippen molar-refractivity contribution in [1.82, 2.24) is 5.43 Å². The minimum atomic E-state index is -0.964. The van der Waals surface area contributed by atoms with Gasteiger partial charge in [-0.05, 0) is 31.2 Å². The third kappa shape index (κ3) is 2.81. The van der Waals surface area contributed by atoms with Crippen molar-refractivity contribution in [3.63, 3.8) is 0 Å². The van der Waals surface area contributed by atoms with Crippen LogP contribution in [0.25, 0.3) is 0 Å². The van der Waals surface area contributed by atoms with E-state index >= 15 is 0 Å². The van der Waals surface area contributed by atoms with Crippen LogP contribution in [0.2, 0.25) is 0 Å². The van der Waals surface area contributed by atoms with Gasteiger partial charge in [0.2, 0.25) is 5.78 Å². The fourth-order valence-electron chi connectivity index (χ4n) is 4.02. The number of carbonyl (C=O) groups is 2. The maximum atomic E-state index is 12.6. The first kappa shape index (κ1) is 16.6. The van der Waals surface area contributed by atoms with Gasteiger partial charge in [0.15, 0.2) is 5.54 Å². The third-order valence-corrected chi connectivity index (χ3v) is 5.27. The number of ether oxygens (including phenoxy) is 1. The molecule has 2 aliphatic rings. The van der Waals surface area contributed by atoms with Gasteiger partial charge in [-0.15, -0.1) is 5.43 Å². The van der Waals surface area contributed by atoms with Gasteiger partial charge in [-0.2, -0.15) is 0 Å². The molecule has 128 valence electrons. The lowest BCUT2D eigenvalue weighted by Gasteiger charge is -2.23. The Balaban J connectivity index is 1.81. The van der Waals surface area contributed by atoms with E-state index in [1.54, 1.807) is 6.92 Å². The highest BCUT2D eigenvalue weighted by atomic mass is 16.5. The molecule has 1 saturated heterocycles. The Labute approximate surface area is 141 Å². The van der Waals surface area contributed by atoms with Crippen molar-refractivity contribution >= 4 is 11.8 Å². The molecule has 0 bridgehead atoms. The summed E-state index contributed by atoms with van der Waals surface area (Å²) in [5.74, 6) is -0.872. The summed E-state index contributed by atoms with van der Waals surface area (Å²) in [5, 5.41) is 0. The highest BCUT2D eigenvalue weighted by Gasteiger charge is 2.70. The number of hydrazine groups is 1. The second kappa shape index (κ2) is 6.34.